The van der Waals surface area contributed by atoms with Gasteiger partial charge in [-0.15, -0.1) is 40.0 Å². The highest BCUT2D eigenvalue weighted by Gasteiger charge is 2.54. The molecule has 2 atom stereocenters. The average molecular weight is 551 g/mol. The lowest BCUT2D eigenvalue weighted by atomic mass is 10.0. The Morgan fingerprint density at radius 3 is 2.75 bits per heavy atom. The van der Waals surface area contributed by atoms with E-state index in [-0.39, 0.29) is 17.1 Å². The molecule has 4 rings (SSSR count). The van der Waals surface area contributed by atoms with Gasteiger partial charge in [-0.25, -0.2) is 14.6 Å². The first-order valence-electron chi connectivity index (χ1n) is 10.2. The van der Waals surface area contributed by atoms with Crippen molar-refractivity contribution in [2.24, 2.45) is 5.16 Å². The van der Waals surface area contributed by atoms with Crippen molar-refractivity contribution in [2.75, 3.05) is 18.1 Å². The minimum Gasteiger partial charge on any atom is -0.479 e. The normalized spacial score (nSPS) is 19.4. The van der Waals surface area contributed by atoms with Crippen LogP contribution in [0.2, 0.25) is 0 Å². The van der Waals surface area contributed by atoms with Gasteiger partial charge in [0.15, 0.2) is 5.71 Å². The molecule has 0 radical (unpaired) electrons. The monoisotopic (exact) mass is 550 g/mol. The zero-order chi connectivity index (χ0) is 25.8. The molecule has 0 saturated carbocycles. The minimum atomic E-state index is -1.28. The van der Waals surface area contributed by atoms with Gasteiger partial charge in [-0.1, -0.05) is 5.16 Å². The number of β-lactam (4-membered cyclic amide) rings is 1. The second-order valence-electron chi connectivity index (χ2n) is 7.40. The van der Waals surface area contributed by atoms with Crippen LogP contribution in [-0.4, -0.2) is 89.3 Å². The molecule has 13 nitrogen and oxygen atoms in total. The molecule has 36 heavy (non-hydrogen) atoms. The maximum Gasteiger partial charge on any atom is 0.352 e. The molecule has 2 aliphatic rings. The van der Waals surface area contributed by atoms with E-state index in [0.717, 1.165) is 5.69 Å². The number of aryl methyl sites for hydroxylation is 1. The summed E-state index contributed by atoms with van der Waals surface area (Å²) in [6.45, 7) is 1.04. The maximum atomic E-state index is 12.9. The summed E-state index contributed by atoms with van der Waals surface area (Å²) < 4.78 is 0. The van der Waals surface area contributed by atoms with Crippen molar-refractivity contribution < 1.29 is 34.2 Å². The van der Waals surface area contributed by atoms with Crippen molar-refractivity contribution >= 4 is 64.3 Å². The quantitative estimate of drug-likeness (QED) is 0.162. The summed E-state index contributed by atoms with van der Waals surface area (Å²) in [4.78, 5) is 58.4. The van der Waals surface area contributed by atoms with E-state index >= 15 is 0 Å². The summed E-state index contributed by atoms with van der Waals surface area (Å²) in [5.41, 5.74) is 2.51. The predicted octanol–water partition coefficient (Wildman–Crippen LogP) is 0.578. The summed E-state index contributed by atoms with van der Waals surface area (Å²) >= 11 is 3.82. The van der Waals surface area contributed by atoms with Gasteiger partial charge in [-0.05, 0) is 24.6 Å². The fourth-order valence-corrected chi connectivity index (χ4v) is 6.15. The lowest BCUT2D eigenvalue weighted by Crippen LogP contribution is -2.71. The molecule has 0 aromatic carbocycles. The standard InChI is InChI=1S/C20H18N6O7S3/c1-9-2-3-12(24-23-9)35-5-10-6-36-19-15(18(30)26(19)16(10)20(31)32)22-17(29)14(11-7-34-8-21-11)25-33-4-13(27)28/h2-3,7-8,15,19H,4-6H2,1H3,(H,22,29)(H,27,28)(H,31,32)/t15?,19-/m1/s1. The molecule has 1 fully saturated rings. The van der Waals surface area contributed by atoms with Crippen LogP contribution in [-0.2, 0) is 24.0 Å². The first kappa shape index (κ1) is 25.6. The van der Waals surface area contributed by atoms with Crippen LogP contribution in [0.1, 0.15) is 11.4 Å². The number of hydrogen-bond acceptors (Lipinski definition) is 12. The Kier molecular flexibility index (Phi) is 7.85. The molecule has 0 aliphatic carbocycles. The topological polar surface area (TPSA) is 184 Å². The second-order valence-corrected chi connectivity index (χ2v) is 10.2. The van der Waals surface area contributed by atoms with Gasteiger partial charge in [-0.2, -0.15) is 5.10 Å². The zero-order valence-corrected chi connectivity index (χ0v) is 20.9. The van der Waals surface area contributed by atoms with Gasteiger partial charge in [0.2, 0.25) is 6.61 Å². The lowest BCUT2D eigenvalue weighted by Gasteiger charge is -2.49. The van der Waals surface area contributed by atoms with Gasteiger partial charge in [0.25, 0.3) is 11.8 Å². The van der Waals surface area contributed by atoms with Gasteiger partial charge in [0.1, 0.15) is 27.8 Å². The number of carboxylic acid groups (broad SMARTS) is 2. The Bertz CT molecular complexity index is 1250. The molecular formula is C20H18N6O7S3. The van der Waals surface area contributed by atoms with Gasteiger partial charge in [0, 0.05) is 16.9 Å². The fraction of sp³-hybridized carbons (Fsp3) is 0.300. The Morgan fingerprint density at radius 2 is 2.11 bits per heavy atom. The van der Waals surface area contributed by atoms with Crippen LogP contribution >= 0.6 is 34.9 Å². The molecule has 1 unspecified atom stereocenters. The van der Waals surface area contributed by atoms with Gasteiger partial charge in [0.05, 0.1) is 11.2 Å². The molecule has 1 saturated heterocycles. The Balaban J connectivity index is 1.47. The highest BCUT2D eigenvalue weighted by molar-refractivity contribution is 8.01. The highest BCUT2D eigenvalue weighted by Crippen LogP contribution is 2.41. The van der Waals surface area contributed by atoms with Gasteiger partial charge >= 0.3 is 11.9 Å². The van der Waals surface area contributed by atoms with Crippen molar-refractivity contribution in [1.82, 2.24) is 25.4 Å². The molecule has 2 aliphatic heterocycles. The summed E-state index contributed by atoms with van der Waals surface area (Å²) in [6, 6.07) is 2.59. The molecule has 2 aromatic rings. The number of nitrogens with one attached hydrogen (secondary N) is 1. The molecular weight excluding hydrogens is 532 g/mol. The molecule has 0 spiro atoms. The van der Waals surface area contributed by atoms with E-state index in [1.807, 2.05) is 6.92 Å². The van der Waals surface area contributed by atoms with E-state index < -0.39 is 41.8 Å². The first-order chi connectivity index (χ1) is 17.3. The number of aliphatic carboxylic acids is 2. The SMILES string of the molecule is Cc1ccc(SCC2=C(C(=O)O)N3C(=O)C(NC(=O)C(=NOCC(=O)O)c4cscn4)[C@H]3SC2)nn1. The number of amides is 2. The Labute approximate surface area is 216 Å². The molecule has 0 bridgehead atoms. The molecule has 16 heteroatoms. The number of carbonyl (C=O) groups excluding carboxylic acids is 2. The lowest BCUT2D eigenvalue weighted by molar-refractivity contribution is -0.150. The fourth-order valence-electron chi connectivity index (χ4n) is 3.31. The number of nitrogens with zero attached hydrogens (tertiary/aromatic N) is 5. The first-order valence-corrected chi connectivity index (χ1v) is 13.2. The highest BCUT2D eigenvalue weighted by atomic mass is 32.2. The Hall–Kier alpha value is -3.50. The van der Waals surface area contributed by atoms with E-state index in [4.69, 9.17) is 9.94 Å². The molecule has 2 aromatic heterocycles. The van der Waals surface area contributed by atoms with E-state index in [0.29, 0.717) is 22.1 Å². The number of hydrogen-bond donors (Lipinski definition) is 3. The third-order valence-electron chi connectivity index (χ3n) is 4.94. The average Bonchev–Trinajstić information content (AvgIpc) is 3.38. The number of thioether (sulfide) groups is 2. The van der Waals surface area contributed by atoms with Crippen LogP contribution in [0.3, 0.4) is 0 Å². The number of carboxylic acids is 2. The smallest absolute Gasteiger partial charge is 0.352 e. The van der Waals surface area contributed by atoms with Crippen LogP contribution in [0.5, 0.6) is 0 Å². The van der Waals surface area contributed by atoms with Crippen molar-refractivity contribution in [2.45, 2.75) is 23.4 Å². The van der Waals surface area contributed by atoms with Gasteiger partial charge in [-0.3, -0.25) is 14.5 Å². The van der Waals surface area contributed by atoms with Crippen LogP contribution in [0, 0.1) is 6.92 Å². The van der Waals surface area contributed by atoms with Gasteiger partial charge < -0.3 is 20.4 Å². The number of oxime groups is 1. The number of thiazole rings is 1. The van der Waals surface area contributed by atoms with Crippen LogP contribution in [0.25, 0.3) is 0 Å². The molecule has 4 heterocycles. The largest absolute Gasteiger partial charge is 0.479 e. The molecule has 188 valence electrons. The second kappa shape index (κ2) is 11.0. The van der Waals surface area contributed by atoms with Crippen LogP contribution in [0.15, 0.2) is 44.5 Å². The number of rotatable bonds is 10. The number of aromatic nitrogens is 3. The summed E-state index contributed by atoms with van der Waals surface area (Å²) in [7, 11) is 0. The minimum absolute atomic E-state index is 0.111. The summed E-state index contributed by atoms with van der Waals surface area (Å²) in [5, 5.41) is 34.2. The van der Waals surface area contributed by atoms with E-state index in [1.54, 1.807) is 12.1 Å². The Morgan fingerprint density at radius 1 is 1.31 bits per heavy atom. The van der Waals surface area contributed by atoms with Crippen molar-refractivity contribution in [3.63, 3.8) is 0 Å². The molecule has 2 amide bonds. The van der Waals surface area contributed by atoms with Crippen molar-refractivity contribution in [3.8, 4) is 0 Å². The third kappa shape index (κ3) is 5.50. The number of carbonyl (C=O) groups is 4. The van der Waals surface area contributed by atoms with E-state index in [9.17, 15) is 24.3 Å². The van der Waals surface area contributed by atoms with E-state index in [1.165, 1.54) is 50.7 Å². The zero-order valence-electron chi connectivity index (χ0n) is 18.5. The third-order valence-corrected chi connectivity index (χ3v) is 7.87. The summed E-state index contributed by atoms with van der Waals surface area (Å²) in [6.07, 6.45) is 0. The summed E-state index contributed by atoms with van der Waals surface area (Å²) in [5.74, 6) is -3.26. The maximum absolute atomic E-state index is 12.9. The van der Waals surface area contributed by atoms with E-state index in [2.05, 4.69) is 25.7 Å². The van der Waals surface area contributed by atoms with Crippen molar-refractivity contribution in [1.29, 1.82) is 0 Å². The molecule has 3 N–H and O–H groups in total. The predicted molar refractivity (Wildman–Crippen MR) is 129 cm³/mol. The number of fused-ring (bicyclic) bond motifs is 1. The van der Waals surface area contributed by atoms with Crippen LogP contribution in [0.4, 0.5) is 0 Å². The van der Waals surface area contributed by atoms with Crippen LogP contribution < -0.4 is 5.32 Å². The van der Waals surface area contributed by atoms with Crippen molar-refractivity contribution in [3.05, 3.63) is 45.7 Å².